The highest BCUT2D eigenvalue weighted by Crippen LogP contribution is 2.37. The van der Waals surface area contributed by atoms with E-state index < -0.39 is 5.41 Å². The lowest BCUT2D eigenvalue weighted by Gasteiger charge is -2.31. The lowest BCUT2D eigenvalue weighted by atomic mass is 9.76. The molecule has 0 N–H and O–H groups in total. The molecule has 0 saturated heterocycles. The fraction of sp³-hybridized carbons (Fsp3) is 0.917. The zero-order valence-corrected chi connectivity index (χ0v) is 18.6. The number of carbonyl (C=O) groups is 2. The van der Waals surface area contributed by atoms with E-state index >= 15 is 0 Å². The predicted octanol–water partition coefficient (Wildman–Crippen LogP) is 6.74. The smallest absolute Gasteiger partial charge is 0.323 e. The van der Waals surface area contributed by atoms with Gasteiger partial charge in [-0.25, -0.2) is 0 Å². The fourth-order valence-electron chi connectivity index (χ4n) is 4.02. The lowest BCUT2D eigenvalue weighted by molar-refractivity contribution is -0.174. The van der Waals surface area contributed by atoms with Crippen molar-refractivity contribution in [3.8, 4) is 0 Å². The first-order valence-corrected chi connectivity index (χ1v) is 12.0. The van der Waals surface area contributed by atoms with Crippen LogP contribution in [0.15, 0.2) is 0 Å². The summed E-state index contributed by atoms with van der Waals surface area (Å²) in [4.78, 5) is 25.9. The highest BCUT2D eigenvalue weighted by Gasteiger charge is 2.48. The normalized spacial score (nSPS) is 16.8. The van der Waals surface area contributed by atoms with Crippen molar-refractivity contribution in [3.63, 3.8) is 0 Å². The van der Waals surface area contributed by atoms with Crippen molar-refractivity contribution < 1.29 is 19.1 Å². The van der Waals surface area contributed by atoms with Crippen molar-refractivity contribution in [2.75, 3.05) is 13.2 Å². The predicted molar refractivity (Wildman–Crippen MR) is 114 cm³/mol. The van der Waals surface area contributed by atoms with Crippen LogP contribution >= 0.6 is 0 Å². The third-order valence-corrected chi connectivity index (χ3v) is 5.95. The molecule has 1 saturated carbocycles. The molecule has 0 aromatic heterocycles. The van der Waals surface area contributed by atoms with Gasteiger partial charge in [-0.2, -0.15) is 0 Å². The van der Waals surface area contributed by atoms with Crippen LogP contribution in [0.2, 0.25) is 0 Å². The highest BCUT2D eigenvalue weighted by atomic mass is 16.6. The minimum absolute atomic E-state index is 0.333. The van der Waals surface area contributed by atoms with Crippen molar-refractivity contribution in [1.29, 1.82) is 0 Å². The minimum atomic E-state index is -1.06. The molecule has 0 bridgehead atoms. The maximum Gasteiger partial charge on any atom is 0.323 e. The topological polar surface area (TPSA) is 52.6 Å². The Bertz CT molecular complexity index is 381. The second-order valence-electron chi connectivity index (χ2n) is 8.45. The Morgan fingerprint density at radius 3 is 1.43 bits per heavy atom. The molecule has 0 aliphatic heterocycles. The van der Waals surface area contributed by atoms with Crippen molar-refractivity contribution >= 4 is 11.9 Å². The maximum atomic E-state index is 13.0. The molecule has 1 aliphatic carbocycles. The Morgan fingerprint density at radius 1 is 0.607 bits per heavy atom. The van der Waals surface area contributed by atoms with E-state index in [1.54, 1.807) is 0 Å². The van der Waals surface area contributed by atoms with Crippen LogP contribution in [0.3, 0.4) is 0 Å². The van der Waals surface area contributed by atoms with Gasteiger partial charge in [-0.15, -0.1) is 0 Å². The molecule has 0 heterocycles. The summed E-state index contributed by atoms with van der Waals surface area (Å²) < 4.78 is 11.2. The average molecular weight is 397 g/mol. The van der Waals surface area contributed by atoms with E-state index in [9.17, 15) is 9.59 Å². The highest BCUT2D eigenvalue weighted by molar-refractivity contribution is 6.00. The van der Waals surface area contributed by atoms with Crippen LogP contribution in [-0.4, -0.2) is 25.2 Å². The number of rotatable bonds is 14. The molecule has 164 valence electrons. The van der Waals surface area contributed by atoms with Gasteiger partial charge < -0.3 is 9.47 Å². The Kier molecular flexibility index (Phi) is 14.1. The number of hydrogen-bond donors (Lipinski definition) is 0. The zero-order chi connectivity index (χ0) is 20.5. The zero-order valence-electron chi connectivity index (χ0n) is 18.6. The van der Waals surface area contributed by atoms with Gasteiger partial charge in [0.05, 0.1) is 13.2 Å². The SMILES string of the molecule is CCCCCCCOC(=O)C1(C(=O)OCCCCCCC)CCCCCCC1. The first-order chi connectivity index (χ1) is 13.7. The third kappa shape index (κ3) is 9.43. The van der Waals surface area contributed by atoms with Gasteiger partial charge in [-0.1, -0.05) is 97.3 Å². The number of esters is 2. The number of unbranched alkanes of at least 4 members (excludes halogenated alkanes) is 8. The Labute approximate surface area is 173 Å². The van der Waals surface area contributed by atoms with Gasteiger partial charge in [0.25, 0.3) is 0 Å². The van der Waals surface area contributed by atoms with Gasteiger partial charge in [0.2, 0.25) is 0 Å². The van der Waals surface area contributed by atoms with Crippen LogP contribution in [0.5, 0.6) is 0 Å². The van der Waals surface area contributed by atoms with Crippen LogP contribution in [0.25, 0.3) is 0 Å². The quantitative estimate of drug-likeness (QED) is 0.185. The van der Waals surface area contributed by atoms with Crippen molar-refractivity contribution in [2.45, 2.75) is 123 Å². The second kappa shape index (κ2) is 15.8. The first kappa shape index (κ1) is 25.0. The maximum absolute atomic E-state index is 13.0. The van der Waals surface area contributed by atoms with Gasteiger partial charge in [0.15, 0.2) is 5.41 Å². The molecule has 0 amide bonds. The molecule has 0 spiro atoms. The molecule has 1 fully saturated rings. The van der Waals surface area contributed by atoms with E-state index in [1.807, 2.05) is 0 Å². The van der Waals surface area contributed by atoms with E-state index in [1.165, 1.54) is 44.9 Å². The monoisotopic (exact) mass is 396 g/mol. The standard InChI is InChI=1S/C24H44O4/c1-3-5-7-12-16-20-27-22(25)24(18-14-10-9-11-15-19-24)23(26)28-21-17-13-8-6-4-2/h3-21H2,1-2H3. The average Bonchev–Trinajstić information content (AvgIpc) is 2.67. The molecule has 0 unspecified atom stereocenters. The summed E-state index contributed by atoms with van der Waals surface area (Å²) in [6.07, 6.45) is 17.4. The van der Waals surface area contributed by atoms with Gasteiger partial charge in [0, 0.05) is 0 Å². The Balaban J connectivity index is 2.55. The molecule has 4 nitrogen and oxygen atoms in total. The molecule has 4 heteroatoms. The van der Waals surface area contributed by atoms with Gasteiger partial charge in [-0.3, -0.25) is 9.59 Å². The molecule has 28 heavy (non-hydrogen) atoms. The van der Waals surface area contributed by atoms with Crippen LogP contribution in [0.1, 0.15) is 123 Å². The summed E-state index contributed by atoms with van der Waals surface area (Å²) in [7, 11) is 0. The lowest BCUT2D eigenvalue weighted by Crippen LogP contribution is -2.43. The van der Waals surface area contributed by atoms with E-state index in [0.717, 1.165) is 51.4 Å². The van der Waals surface area contributed by atoms with E-state index in [2.05, 4.69) is 13.8 Å². The largest absolute Gasteiger partial charge is 0.465 e. The van der Waals surface area contributed by atoms with Gasteiger partial charge >= 0.3 is 11.9 Å². The molecule has 0 radical (unpaired) electrons. The molecule has 0 aromatic rings. The summed E-state index contributed by atoms with van der Waals surface area (Å²) in [5, 5.41) is 0. The fourth-order valence-corrected chi connectivity index (χ4v) is 4.02. The number of carbonyl (C=O) groups excluding carboxylic acids is 2. The molecule has 0 aromatic carbocycles. The molecular weight excluding hydrogens is 352 g/mol. The van der Waals surface area contributed by atoms with E-state index in [0.29, 0.717) is 26.1 Å². The van der Waals surface area contributed by atoms with Gasteiger partial charge in [0.1, 0.15) is 0 Å². The number of hydrogen-bond acceptors (Lipinski definition) is 4. The summed E-state index contributed by atoms with van der Waals surface area (Å²) in [6, 6.07) is 0. The van der Waals surface area contributed by atoms with Gasteiger partial charge in [-0.05, 0) is 25.7 Å². The van der Waals surface area contributed by atoms with Crippen LogP contribution in [0.4, 0.5) is 0 Å². The first-order valence-electron chi connectivity index (χ1n) is 12.0. The number of ether oxygens (including phenoxy) is 2. The van der Waals surface area contributed by atoms with Crippen LogP contribution in [-0.2, 0) is 19.1 Å². The minimum Gasteiger partial charge on any atom is -0.465 e. The summed E-state index contributed by atoms with van der Waals surface area (Å²) >= 11 is 0. The van der Waals surface area contributed by atoms with Crippen molar-refractivity contribution in [3.05, 3.63) is 0 Å². The van der Waals surface area contributed by atoms with Crippen molar-refractivity contribution in [2.24, 2.45) is 5.41 Å². The van der Waals surface area contributed by atoms with Crippen LogP contribution < -0.4 is 0 Å². The van der Waals surface area contributed by atoms with Crippen molar-refractivity contribution in [1.82, 2.24) is 0 Å². The molecular formula is C24H44O4. The summed E-state index contributed by atoms with van der Waals surface area (Å²) in [5.74, 6) is -0.665. The Morgan fingerprint density at radius 2 is 1.00 bits per heavy atom. The molecule has 0 atom stereocenters. The van der Waals surface area contributed by atoms with E-state index in [-0.39, 0.29) is 11.9 Å². The van der Waals surface area contributed by atoms with E-state index in [4.69, 9.17) is 9.47 Å². The summed E-state index contributed by atoms with van der Waals surface area (Å²) in [6.45, 7) is 5.23. The van der Waals surface area contributed by atoms with Crippen LogP contribution in [0, 0.1) is 5.41 Å². The second-order valence-corrected chi connectivity index (χ2v) is 8.45. The molecule has 1 rings (SSSR count). The summed E-state index contributed by atoms with van der Waals surface area (Å²) in [5.41, 5.74) is -1.06. The molecule has 1 aliphatic rings. The Hall–Kier alpha value is -1.06. The third-order valence-electron chi connectivity index (χ3n) is 5.95.